The summed E-state index contributed by atoms with van der Waals surface area (Å²) in [6.45, 7) is 4.26. The topological polar surface area (TPSA) is 78.6 Å². The highest BCUT2D eigenvalue weighted by atomic mass is 16.4. The Bertz CT molecular complexity index is 757. The number of piperidine rings is 3. The van der Waals surface area contributed by atoms with Gasteiger partial charge in [0.1, 0.15) is 5.75 Å². The maximum atomic E-state index is 12.5. The van der Waals surface area contributed by atoms with Gasteiger partial charge in [-0.25, -0.2) is 4.98 Å². The number of phenolic OH excluding ortho intramolecular Hbond substituents is 1. The molecule has 1 aromatic carbocycles. The number of carbonyl (C=O) groups is 1. The molecule has 3 aliphatic heterocycles. The third kappa shape index (κ3) is 2.67. The van der Waals surface area contributed by atoms with Crippen LogP contribution in [-0.2, 0) is 0 Å². The third-order valence-electron chi connectivity index (χ3n) is 5.24. The molecule has 1 amide bonds. The first-order valence-corrected chi connectivity index (χ1v) is 8.41. The minimum absolute atomic E-state index is 0.0396. The molecule has 2 aromatic rings. The van der Waals surface area contributed by atoms with E-state index < -0.39 is 0 Å². The van der Waals surface area contributed by atoms with Gasteiger partial charge in [-0.3, -0.25) is 9.69 Å². The highest BCUT2D eigenvalue weighted by Gasteiger charge is 2.39. The second-order valence-electron chi connectivity index (χ2n) is 6.76. The summed E-state index contributed by atoms with van der Waals surface area (Å²) in [5, 5.41) is 12.9. The van der Waals surface area contributed by atoms with Crippen molar-refractivity contribution < 1.29 is 14.3 Å². The van der Waals surface area contributed by atoms with Crippen molar-refractivity contribution in [3.63, 3.8) is 0 Å². The number of hydrogen-bond donors (Lipinski definition) is 2. The molecule has 3 saturated heterocycles. The van der Waals surface area contributed by atoms with Crippen molar-refractivity contribution in [1.82, 2.24) is 15.2 Å². The highest BCUT2D eigenvalue weighted by molar-refractivity contribution is 5.90. The Morgan fingerprint density at radius 3 is 2.96 bits per heavy atom. The van der Waals surface area contributed by atoms with Gasteiger partial charge in [-0.2, -0.15) is 0 Å². The fraction of sp³-hybridized carbons (Fsp3) is 0.444. The number of para-hydroxylation sites is 1. The minimum atomic E-state index is -0.289. The Hall–Kier alpha value is -2.34. The van der Waals surface area contributed by atoms with Gasteiger partial charge in [0.15, 0.2) is 5.76 Å². The lowest BCUT2D eigenvalue weighted by Crippen LogP contribution is -2.60. The standard InChI is InChI=1S/C18H21N3O3/c1-11-8-12-6-7-21(11)10-14(12)20-17(23)18-19-9-16(24-18)13-4-2-3-5-15(13)22/h2-5,9,11-12,14,22H,6-8,10H2,1H3,(H,20,23)/t11?,12?,14-/m0/s1. The van der Waals surface area contributed by atoms with Crippen molar-refractivity contribution in [2.24, 2.45) is 5.92 Å². The number of aromatic hydroxyl groups is 1. The first-order valence-electron chi connectivity index (χ1n) is 8.41. The SMILES string of the molecule is CC1CC2CCN1C[C@@H]2NC(=O)c1ncc(-c2ccccc2O)o1. The number of hydrogen-bond acceptors (Lipinski definition) is 5. The second kappa shape index (κ2) is 5.94. The molecule has 24 heavy (non-hydrogen) atoms. The first kappa shape index (κ1) is 15.2. The molecule has 3 unspecified atom stereocenters. The van der Waals surface area contributed by atoms with Crippen molar-refractivity contribution in [2.45, 2.75) is 31.8 Å². The molecule has 1 aromatic heterocycles. The number of amides is 1. The van der Waals surface area contributed by atoms with E-state index in [2.05, 4.69) is 22.1 Å². The largest absolute Gasteiger partial charge is 0.507 e. The second-order valence-corrected chi connectivity index (χ2v) is 6.76. The van der Waals surface area contributed by atoms with E-state index in [1.807, 2.05) is 0 Å². The third-order valence-corrected chi connectivity index (χ3v) is 5.24. The molecule has 0 saturated carbocycles. The van der Waals surface area contributed by atoms with Gasteiger partial charge in [-0.15, -0.1) is 0 Å². The zero-order valence-electron chi connectivity index (χ0n) is 13.6. The Balaban J connectivity index is 1.47. The smallest absolute Gasteiger partial charge is 0.307 e. The van der Waals surface area contributed by atoms with Gasteiger partial charge in [-0.1, -0.05) is 12.1 Å². The average molecular weight is 327 g/mol. The van der Waals surface area contributed by atoms with Gasteiger partial charge in [0.05, 0.1) is 11.8 Å². The van der Waals surface area contributed by atoms with Gasteiger partial charge in [-0.05, 0) is 44.4 Å². The van der Waals surface area contributed by atoms with Gasteiger partial charge in [0, 0.05) is 18.6 Å². The Labute approximate surface area is 140 Å². The van der Waals surface area contributed by atoms with Gasteiger partial charge >= 0.3 is 5.91 Å². The molecule has 0 aliphatic carbocycles. The number of rotatable bonds is 3. The molecule has 0 radical (unpaired) electrons. The summed E-state index contributed by atoms with van der Waals surface area (Å²) in [6, 6.07) is 7.59. The maximum absolute atomic E-state index is 12.5. The summed E-state index contributed by atoms with van der Waals surface area (Å²) >= 11 is 0. The number of fused-ring (bicyclic) bond motifs is 3. The predicted molar refractivity (Wildman–Crippen MR) is 88.6 cm³/mol. The molecule has 3 aliphatic rings. The molecule has 0 spiro atoms. The van der Waals surface area contributed by atoms with Gasteiger partial charge in [0.25, 0.3) is 5.89 Å². The van der Waals surface area contributed by atoms with Crippen LogP contribution in [0.15, 0.2) is 34.9 Å². The monoisotopic (exact) mass is 327 g/mol. The summed E-state index contributed by atoms with van der Waals surface area (Å²) in [5.41, 5.74) is 0.528. The molecule has 4 atom stereocenters. The Morgan fingerprint density at radius 2 is 2.25 bits per heavy atom. The molecular formula is C18H21N3O3. The van der Waals surface area contributed by atoms with Crippen LogP contribution in [-0.4, -0.2) is 46.1 Å². The number of carbonyl (C=O) groups excluding carboxylic acids is 1. The van der Waals surface area contributed by atoms with E-state index >= 15 is 0 Å². The molecule has 6 heteroatoms. The molecule has 2 bridgehead atoms. The van der Waals surface area contributed by atoms with E-state index in [0.29, 0.717) is 23.3 Å². The number of phenols is 1. The fourth-order valence-corrected chi connectivity index (χ4v) is 3.87. The summed E-state index contributed by atoms with van der Waals surface area (Å²) in [6.07, 6.45) is 3.73. The Morgan fingerprint density at radius 1 is 1.42 bits per heavy atom. The van der Waals surface area contributed by atoms with Crippen LogP contribution >= 0.6 is 0 Å². The number of benzene rings is 1. The zero-order valence-corrected chi connectivity index (χ0v) is 13.6. The quantitative estimate of drug-likeness (QED) is 0.904. The first-order chi connectivity index (χ1) is 11.6. The van der Waals surface area contributed by atoms with Gasteiger partial charge in [0.2, 0.25) is 0 Å². The van der Waals surface area contributed by atoms with E-state index in [4.69, 9.17) is 4.42 Å². The Kier molecular flexibility index (Phi) is 3.76. The normalized spacial score (nSPS) is 28.7. The molecule has 5 rings (SSSR count). The van der Waals surface area contributed by atoms with Crippen LogP contribution in [0.4, 0.5) is 0 Å². The lowest BCUT2D eigenvalue weighted by molar-refractivity contribution is 0.0267. The summed E-state index contributed by atoms with van der Waals surface area (Å²) in [5.74, 6) is 0.773. The summed E-state index contributed by atoms with van der Waals surface area (Å²) in [4.78, 5) is 18.9. The summed E-state index contributed by atoms with van der Waals surface area (Å²) < 4.78 is 5.56. The van der Waals surface area contributed by atoms with Crippen molar-refractivity contribution in [2.75, 3.05) is 13.1 Å². The van der Waals surface area contributed by atoms with E-state index in [9.17, 15) is 9.90 Å². The van der Waals surface area contributed by atoms with E-state index in [1.54, 1.807) is 24.3 Å². The van der Waals surface area contributed by atoms with E-state index in [1.165, 1.54) is 6.20 Å². The molecule has 3 fully saturated rings. The highest BCUT2D eigenvalue weighted by Crippen LogP contribution is 2.32. The zero-order chi connectivity index (χ0) is 16.7. The van der Waals surface area contributed by atoms with E-state index in [0.717, 1.165) is 25.9 Å². The van der Waals surface area contributed by atoms with Gasteiger partial charge < -0.3 is 14.8 Å². The van der Waals surface area contributed by atoms with Crippen molar-refractivity contribution in [3.8, 4) is 17.1 Å². The maximum Gasteiger partial charge on any atom is 0.307 e. The molecule has 126 valence electrons. The number of nitrogens with one attached hydrogen (secondary N) is 1. The van der Waals surface area contributed by atoms with Crippen LogP contribution in [0, 0.1) is 5.92 Å². The fourth-order valence-electron chi connectivity index (χ4n) is 3.87. The number of aromatic nitrogens is 1. The van der Waals surface area contributed by atoms with Crippen LogP contribution in [0.5, 0.6) is 5.75 Å². The van der Waals surface area contributed by atoms with Crippen molar-refractivity contribution in [3.05, 3.63) is 36.4 Å². The van der Waals surface area contributed by atoms with Crippen LogP contribution in [0.2, 0.25) is 0 Å². The predicted octanol–water partition coefficient (Wildman–Crippen LogP) is 2.26. The molecule has 2 N–H and O–H groups in total. The van der Waals surface area contributed by atoms with Crippen molar-refractivity contribution in [1.29, 1.82) is 0 Å². The van der Waals surface area contributed by atoms with E-state index in [-0.39, 0.29) is 23.6 Å². The summed E-state index contributed by atoms with van der Waals surface area (Å²) in [7, 11) is 0. The molecule has 6 nitrogen and oxygen atoms in total. The van der Waals surface area contributed by atoms with Crippen LogP contribution in [0.25, 0.3) is 11.3 Å². The van der Waals surface area contributed by atoms with Crippen LogP contribution in [0.1, 0.15) is 30.5 Å². The number of oxazole rings is 1. The lowest BCUT2D eigenvalue weighted by atomic mass is 9.80. The minimum Gasteiger partial charge on any atom is -0.507 e. The number of nitrogens with zero attached hydrogens (tertiary/aromatic N) is 2. The molecular weight excluding hydrogens is 306 g/mol. The molecule has 4 heterocycles. The van der Waals surface area contributed by atoms with Crippen molar-refractivity contribution >= 4 is 5.91 Å². The lowest BCUT2D eigenvalue weighted by Gasteiger charge is -2.48. The van der Waals surface area contributed by atoms with Crippen LogP contribution < -0.4 is 5.32 Å². The average Bonchev–Trinajstić information content (AvgIpc) is 3.06. The van der Waals surface area contributed by atoms with Crippen LogP contribution in [0.3, 0.4) is 0 Å².